The molecule has 0 saturated carbocycles. The minimum Gasteiger partial charge on any atom is -0.325 e. The van der Waals surface area contributed by atoms with Crippen LogP contribution in [0, 0.1) is 0 Å². The number of pyridine rings is 1. The van der Waals surface area contributed by atoms with E-state index < -0.39 is 0 Å². The van der Waals surface area contributed by atoms with Gasteiger partial charge in [0.05, 0.1) is 11.7 Å². The first-order valence-corrected chi connectivity index (χ1v) is 7.18. The molecule has 1 atom stereocenters. The summed E-state index contributed by atoms with van der Waals surface area (Å²) in [5.74, 6) is 1.65. The first-order valence-electron chi connectivity index (χ1n) is 6.65. The number of alkyl halides is 1. The maximum atomic E-state index is 5.89. The summed E-state index contributed by atoms with van der Waals surface area (Å²) in [7, 11) is 4.20. The molecule has 104 valence electrons. The van der Waals surface area contributed by atoms with Crippen LogP contribution in [0.15, 0.2) is 18.5 Å². The minimum atomic E-state index is 0.410. The van der Waals surface area contributed by atoms with Crippen molar-refractivity contribution >= 4 is 22.6 Å². The predicted octanol–water partition coefficient (Wildman–Crippen LogP) is 2.73. The highest BCUT2D eigenvalue weighted by Crippen LogP contribution is 2.23. The quantitative estimate of drug-likeness (QED) is 0.763. The second-order valence-electron chi connectivity index (χ2n) is 5.14. The Labute approximate surface area is 119 Å². The summed E-state index contributed by atoms with van der Waals surface area (Å²) in [6, 6.07) is 2.44. The van der Waals surface area contributed by atoms with E-state index in [9.17, 15) is 0 Å². The molecular formula is C14H21ClN4. The van der Waals surface area contributed by atoms with Crippen LogP contribution in [0.3, 0.4) is 0 Å². The summed E-state index contributed by atoms with van der Waals surface area (Å²) in [4.78, 5) is 11.0. The third-order valence-electron chi connectivity index (χ3n) is 3.32. The molecule has 2 rings (SSSR count). The topological polar surface area (TPSA) is 34.0 Å². The van der Waals surface area contributed by atoms with Gasteiger partial charge in [-0.05, 0) is 40.1 Å². The molecule has 0 fully saturated rings. The number of nitrogens with zero attached hydrogens (tertiary/aromatic N) is 4. The van der Waals surface area contributed by atoms with Gasteiger partial charge in [0.2, 0.25) is 0 Å². The molecule has 5 heteroatoms. The summed E-state index contributed by atoms with van der Waals surface area (Å²) in [5, 5.41) is 0. The van der Waals surface area contributed by atoms with Gasteiger partial charge in [0.25, 0.3) is 0 Å². The highest BCUT2D eigenvalue weighted by molar-refractivity contribution is 6.17. The van der Waals surface area contributed by atoms with Crippen LogP contribution >= 0.6 is 11.6 Å². The van der Waals surface area contributed by atoms with Gasteiger partial charge in [0, 0.05) is 24.5 Å². The second kappa shape index (κ2) is 6.35. The van der Waals surface area contributed by atoms with Gasteiger partial charge in [-0.15, -0.1) is 11.6 Å². The van der Waals surface area contributed by atoms with E-state index in [2.05, 4.69) is 40.5 Å². The lowest BCUT2D eigenvalue weighted by atomic mass is 10.2. The Hall–Kier alpha value is -1.13. The van der Waals surface area contributed by atoms with Crippen LogP contribution in [0.2, 0.25) is 0 Å². The zero-order valence-corrected chi connectivity index (χ0v) is 12.6. The molecule has 0 amide bonds. The largest absolute Gasteiger partial charge is 0.325 e. The number of rotatable bonds is 6. The Morgan fingerprint density at radius 1 is 1.42 bits per heavy atom. The molecule has 0 aromatic carbocycles. The molecule has 0 aliphatic heterocycles. The zero-order valence-electron chi connectivity index (χ0n) is 11.8. The van der Waals surface area contributed by atoms with Gasteiger partial charge >= 0.3 is 0 Å². The Morgan fingerprint density at radius 2 is 2.21 bits per heavy atom. The van der Waals surface area contributed by atoms with Gasteiger partial charge in [0.15, 0.2) is 0 Å². The van der Waals surface area contributed by atoms with Crippen molar-refractivity contribution in [1.82, 2.24) is 19.4 Å². The molecule has 4 nitrogen and oxygen atoms in total. The monoisotopic (exact) mass is 280 g/mol. The number of hydrogen-bond donors (Lipinski definition) is 0. The third-order valence-corrected chi connectivity index (χ3v) is 3.51. The highest BCUT2D eigenvalue weighted by atomic mass is 35.5. The van der Waals surface area contributed by atoms with E-state index in [4.69, 9.17) is 11.6 Å². The zero-order chi connectivity index (χ0) is 13.8. The predicted molar refractivity (Wildman–Crippen MR) is 79.8 cm³/mol. The van der Waals surface area contributed by atoms with Crippen LogP contribution < -0.4 is 0 Å². The molecule has 2 aromatic heterocycles. The summed E-state index contributed by atoms with van der Waals surface area (Å²) < 4.78 is 2.31. The van der Waals surface area contributed by atoms with Crippen LogP contribution in [0.25, 0.3) is 11.0 Å². The molecule has 1 unspecified atom stereocenters. The van der Waals surface area contributed by atoms with Crippen molar-refractivity contribution < 1.29 is 0 Å². The van der Waals surface area contributed by atoms with Gasteiger partial charge in [0.1, 0.15) is 11.3 Å². The fourth-order valence-corrected chi connectivity index (χ4v) is 2.50. The van der Waals surface area contributed by atoms with Crippen molar-refractivity contribution in [3.8, 4) is 0 Å². The first-order chi connectivity index (χ1) is 9.13. The standard InChI is InChI=1S/C14H21ClN4/c1-11(6-9-18(2)3)19-13-5-8-16-10-12(13)17-14(19)4-7-15/h5,8,10-11H,4,6-7,9H2,1-3H3. The van der Waals surface area contributed by atoms with Crippen LogP contribution in [0.4, 0.5) is 0 Å². The molecule has 0 bridgehead atoms. The number of halogens is 1. The normalized spacial score (nSPS) is 13.3. The highest BCUT2D eigenvalue weighted by Gasteiger charge is 2.15. The average molecular weight is 281 g/mol. The molecule has 19 heavy (non-hydrogen) atoms. The summed E-state index contributed by atoms with van der Waals surface area (Å²) >= 11 is 5.89. The Balaban J connectivity index is 2.35. The average Bonchev–Trinajstić information content (AvgIpc) is 2.74. The van der Waals surface area contributed by atoms with Gasteiger partial charge in [-0.1, -0.05) is 0 Å². The minimum absolute atomic E-state index is 0.410. The van der Waals surface area contributed by atoms with E-state index in [1.54, 1.807) is 0 Å². The second-order valence-corrected chi connectivity index (χ2v) is 5.52. The van der Waals surface area contributed by atoms with E-state index in [0.717, 1.165) is 36.2 Å². The number of imidazole rings is 1. The van der Waals surface area contributed by atoms with E-state index >= 15 is 0 Å². The number of hydrogen-bond acceptors (Lipinski definition) is 3. The van der Waals surface area contributed by atoms with Gasteiger partial charge < -0.3 is 9.47 Å². The maximum Gasteiger partial charge on any atom is 0.111 e. The van der Waals surface area contributed by atoms with Crippen molar-refractivity contribution in [1.29, 1.82) is 0 Å². The van der Waals surface area contributed by atoms with Crippen LogP contribution in [0.1, 0.15) is 25.2 Å². The molecule has 0 aliphatic carbocycles. The van der Waals surface area contributed by atoms with Gasteiger partial charge in [-0.2, -0.15) is 0 Å². The molecule has 2 heterocycles. The van der Waals surface area contributed by atoms with E-state index in [-0.39, 0.29) is 0 Å². The summed E-state index contributed by atoms with van der Waals surface area (Å²) in [6.07, 6.45) is 5.53. The van der Waals surface area contributed by atoms with Gasteiger partial charge in [-0.3, -0.25) is 4.98 Å². The van der Waals surface area contributed by atoms with E-state index in [1.165, 1.54) is 0 Å². The molecule has 2 aromatic rings. The molecule has 0 spiro atoms. The van der Waals surface area contributed by atoms with Gasteiger partial charge in [-0.25, -0.2) is 4.98 Å². The van der Waals surface area contributed by atoms with Crippen molar-refractivity contribution in [2.45, 2.75) is 25.8 Å². The number of fused-ring (bicyclic) bond motifs is 1. The first kappa shape index (κ1) is 14.3. The van der Waals surface area contributed by atoms with E-state index in [0.29, 0.717) is 11.9 Å². The molecular weight excluding hydrogens is 260 g/mol. The van der Waals surface area contributed by atoms with Crippen molar-refractivity contribution in [2.24, 2.45) is 0 Å². The fourth-order valence-electron chi connectivity index (χ4n) is 2.33. The summed E-state index contributed by atoms with van der Waals surface area (Å²) in [6.45, 7) is 3.30. The van der Waals surface area contributed by atoms with Crippen molar-refractivity contribution in [3.05, 3.63) is 24.3 Å². The smallest absolute Gasteiger partial charge is 0.111 e. The lowest BCUT2D eigenvalue weighted by Crippen LogP contribution is -2.18. The van der Waals surface area contributed by atoms with Crippen molar-refractivity contribution in [3.63, 3.8) is 0 Å². The Bertz CT molecular complexity index is 535. The maximum absolute atomic E-state index is 5.89. The number of aryl methyl sites for hydroxylation is 1. The Morgan fingerprint density at radius 3 is 2.89 bits per heavy atom. The lowest BCUT2D eigenvalue weighted by Gasteiger charge is -2.19. The van der Waals surface area contributed by atoms with Crippen LogP contribution in [-0.2, 0) is 6.42 Å². The molecule has 0 radical (unpaired) electrons. The SMILES string of the molecule is CC(CCN(C)C)n1c(CCCl)nc2cnccc21. The molecule has 0 aliphatic rings. The summed E-state index contributed by atoms with van der Waals surface area (Å²) in [5.41, 5.74) is 2.11. The number of aromatic nitrogens is 3. The van der Waals surface area contributed by atoms with Crippen molar-refractivity contribution in [2.75, 3.05) is 26.5 Å². The van der Waals surface area contributed by atoms with E-state index in [1.807, 2.05) is 18.5 Å². The molecule has 0 N–H and O–H groups in total. The van der Waals surface area contributed by atoms with Crippen LogP contribution in [-0.4, -0.2) is 46.0 Å². The fraction of sp³-hybridized carbons (Fsp3) is 0.571. The molecule has 0 saturated heterocycles. The lowest BCUT2D eigenvalue weighted by molar-refractivity contribution is 0.357. The Kier molecular flexibility index (Phi) is 4.77. The third kappa shape index (κ3) is 3.25. The van der Waals surface area contributed by atoms with Crippen LogP contribution in [0.5, 0.6) is 0 Å².